The average molecular weight is 378 g/mol. The Hall–Kier alpha value is -1.64. The van der Waals surface area contributed by atoms with Crippen LogP contribution in [0.1, 0.15) is 30.4 Å². The Balaban J connectivity index is 1.80. The summed E-state index contributed by atoms with van der Waals surface area (Å²) in [7, 11) is -1.47. The highest BCUT2D eigenvalue weighted by molar-refractivity contribution is 7.92. The molecule has 2 bridgehead atoms. The summed E-state index contributed by atoms with van der Waals surface area (Å²) in [5.74, 6) is 0.418. The van der Waals surface area contributed by atoms with E-state index in [4.69, 9.17) is 4.74 Å². The smallest absolute Gasteiger partial charge is 0.229 e. The van der Waals surface area contributed by atoms with Crippen molar-refractivity contribution in [1.29, 1.82) is 0 Å². The number of carbonyl (C=O) groups is 1. The number of hydrogen-bond donors (Lipinski definition) is 2. The van der Waals surface area contributed by atoms with Gasteiger partial charge < -0.3 is 14.7 Å². The first kappa shape index (κ1) is 16.5. The highest BCUT2D eigenvalue weighted by Crippen LogP contribution is 2.64. The summed E-state index contributed by atoms with van der Waals surface area (Å²) >= 11 is 0. The second kappa shape index (κ2) is 4.79. The van der Waals surface area contributed by atoms with Crippen molar-refractivity contribution in [3.05, 3.63) is 23.3 Å². The third-order valence-corrected chi connectivity index (χ3v) is 7.43. The Bertz CT molecular complexity index is 945. The zero-order chi connectivity index (χ0) is 18.5. The molecule has 26 heavy (non-hydrogen) atoms. The van der Waals surface area contributed by atoms with Gasteiger partial charge in [-0.05, 0) is 44.5 Å². The van der Waals surface area contributed by atoms with Crippen LogP contribution in [0.3, 0.4) is 0 Å². The van der Waals surface area contributed by atoms with Crippen LogP contribution in [0, 0.1) is 0 Å². The number of nitrogens with one attached hydrogen (secondary N) is 1. The first-order valence-electron chi connectivity index (χ1n) is 8.93. The number of nitrogens with zero attached hydrogens (tertiary/aromatic N) is 1. The molecule has 1 saturated carbocycles. The quantitative estimate of drug-likeness (QED) is 0.774. The van der Waals surface area contributed by atoms with E-state index in [0.29, 0.717) is 30.7 Å². The Morgan fingerprint density at radius 1 is 1.35 bits per heavy atom. The van der Waals surface area contributed by atoms with Crippen molar-refractivity contribution in [2.45, 2.75) is 48.8 Å². The number of carbonyl (C=O) groups excluding carboxylic acids is 1. The highest BCUT2D eigenvalue weighted by Gasteiger charge is 2.72. The van der Waals surface area contributed by atoms with Gasteiger partial charge in [-0.15, -0.1) is 0 Å². The summed E-state index contributed by atoms with van der Waals surface area (Å²) in [6, 6.07) is 3.54. The molecule has 8 heteroatoms. The third-order valence-electron chi connectivity index (χ3n) is 6.84. The molecule has 2 heterocycles. The van der Waals surface area contributed by atoms with E-state index in [0.717, 1.165) is 23.9 Å². The number of benzene rings is 1. The Kier molecular flexibility index (Phi) is 3.05. The van der Waals surface area contributed by atoms with Gasteiger partial charge in [-0.1, -0.05) is 6.07 Å². The number of anilines is 1. The van der Waals surface area contributed by atoms with Gasteiger partial charge in [0.1, 0.15) is 5.75 Å². The molecule has 1 aromatic rings. The first-order valence-corrected chi connectivity index (χ1v) is 10.8. The van der Waals surface area contributed by atoms with Gasteiger partial charge >= 0.3 is 0 Å². The van der Waals surface area contributed by atoms with Crippen LogP contribution in [-0.2, 0) is 26.7 Å². The monoisotopic (exact) mass is 378 g/mol. The van der Waals surface area contributed by atoms with Gasteiger partial charge in [-0.2, -0.15) is 0 Å². The number of Topliss-reactive ketones (excluding diaryl/α,β-unsaturated/α-hetero) is 1. The number of sulfonamides is 1. The van der Waals surface area contributed by atoms with Crippen LogP contribution in [0.15, 0.2) is 12.1 Å². The standard InChI is InChI=1S/C18H22N2O5S/c1-20-8-7-17-14-10-3-4-11(19-26(2,23)24)15(14)25-16(17)12(21)5-6-18(17,22)13(20)9-10/h3-4,13,16,19,22H,5-9H2,1-2H3/t13-,16+,17+,18-/m1/s1. The van der Waals surface area contributed by atoms with E-state index >= 15 is 0 Å². The molecule has 7 nitrogen and oxygen atoms in total. The number of ether oxygens (including phenoxy) is 1. The Morgan fingerprint density at radius 3 is 2.85 bits per heavy atom. The molecule has 0 amide bonds. The molecule has 1 saturated heterocycles. The van der Waals surface area contributed by atoms with Crippen LogP contribution in [-0.4, -0.2) is 61.8 Å². The van der Waals surface area contributed by atoms with Crippen molar-refractivity contribution < 1.29 is 23.1 Å². The molecule has 1 spiro atoms. The van der Waals surface area contributed by atoms with E-state index in [1.807, 2.05) is 13.1 Å². The molecular formula is C18H22N2O5S. The fourth-order valence-electron chi connectivity index (χ4n) is 5.83. The lowest BCUT2D eigenvalue weighted by atomic mass is 9.49. The topological polar surface area (TPSA) is 95.9 Å². The summed E-state index contributed by atoms with van der Waals surface area (Å²) in [6.07, 6.45) is 2.34. The molecular weight excluding hydrogens is 356 g/mol. The number of likely N-dealkylation sites (tertiary alicyclic amines) is 1. The lowest BCUT2D eigenvalue weighted by Crippen LogP contribution is -2.76. The number of ketones is 1. The molecule has 1 aromatic carbocycles. The molecule has 5 rings (SSSR count). The predicted octanol–water partition coefficient (Wildman–Crippen LogP) is 0.411. The Morgan fingerprint density at radius 2 is 2.12 bits per heavy atom. The molecule has 0 aromatic heterocycles. The summed E-state index contributed by atoms with van der Waals surface area (Å²) in [5.41, 5.74) is 0.411. The lowest BCUT2D eigenvalue weighted by Gasteiger charge is -2.62. The average Bonchev–Trinajstić information content (AvgIpc) is 2.90. The minimum Gasteiger partial charge on any atom is -0.479 e. The zero-order valence-corrected chi connectivity index (χ0v) is 15.6. The fraction of sp³-hybridized carbons (Fsp3) is 0.611. The number of aliphatic hydroxyl groups is 1. The van der Waals surface area contributed by atoms with Crippen molar-refractivity contribution in [1.82, 2.24) is 4.90 Å². The van der Waals surface area contributed by atoms with Crippen LogP contribution >= 0.6 is 0 Å². The highest BCUT2D eigenvalue weighted by atomic mass is 32.2. The molecule has 0 unspecified atom stereocenters. The van der Waals surface area contributed by atoms with Crippen LogP contribution in [0.2, 0.25) is 0 Å². The van der Waals surface area contributed by atoms with E-state index in [1.165, 1.54) is 0 Å². The first-order chi connectivity index (χ1) is 12.2. The van der Waals surface area contributed by atoms with Crippen molar-refractivity contribution in [3.63, 3.8) is 0 Å². The molecule has 0 radical (unpaired) electrons. The molecule has 140 valence electrons. The summed E-state index contributed by atoms with van der Waals surface area (Å²) < 4.78 is 32.2. The van der Waals surface area contributed by atoms with Crippen LogP contribution in [0.5, 0.6) is 5.75 Å². The van der Waals surface area contributed by atoms with Crippen molar-refractivity contribution in [2.24, 2.45) is 0 Å². The summed E-state index contributed by atoms with van der Waals surface area (Å²) in [4.78, 5) is 14.9. The number of hydrogen-bond acceptors (Lipinski definition) is 6. The van der Waals surface area contributed by atoms with Crippen LogP contribution in [0.4, 0.5) is 5.69 Å². The SMILES string of the molecule is CN1CC[C@]23c4c5ccc(NS(C)(=O)=O)c4O[C@H]2C(=O)CC[C@@]3(O)[C@H]1C5. The van der Waals surface area contributed by atoms with Gasteiger partial charge in [0, 0.05) is 18.0 Å². The normalized spacial score (nSPS) is 37.9. The van der Waals surface area contributed by atoms with Crippen molar-refractivity contribution in [3.8, 4) is 5.75 Å². The van der Waals surface area contributed by atoms with E-state index in [9.17, 15) is 18.3 Å². The lowest BCUT2D eigenvalue weighted by molar-refractivity contribution is -0.185. The Labute approximate surface area is 152 Å². The van der Waals surface area contributed by atoms with Crippen molar-refractivity contribution >= 4 is 21.5 Å². The molecule has 2 N–H and O–H groups in total. The molecule has 4 atom stereocenters. The van der Waals surface area contributed by atoms with Crippen molar-refractivity contribution in [2.75, 3.05) is 24.6 Å². The van der Waals surface area contributed by atoms with E-state index in [-0.39, 0.29) is 18.2 Å². The van der Waals surface area contributed by atoms with Gasteiger partial charge in [0.2, 0.25) is 10.0 Å². The summed E-state index contributed by atoms with van der Waals surface area (Å²) in [6.45, 7) is 0.767. The molecule has 2 aliphatic carbocycles. The number of piperidine rings is 1. The molecule has 2 aliphatic heterocycles. The number of rotatable bonds is 2. The van der Waals surface area contributed by atoms with Gasteiger partial charge in [0.25, 0.3) is 0 Å². The maximum absolute atomic E-state index is 12.8. The molecule has 2 fully saturated rings. The van der Waals surface area contributed by atoms with Crippen LogP contribution < -0.4 is 9.46 Å². The second-order valence-corrected chi connectivity index (χ2v) is 9.91. The summed E-state index contributed by atoms with van der Waals surface area (Å²) in [5, 5.41) is 11.8. The van der Waals surface area contributed by atoms with E-state index in [1.54, 1.807) is 6.07 Å². The maximum Gasteiger partial charge on any atom is 0.229 e. The van der Waals surface area contributed by atoms with Crippen LogP contribution in [0.25, 0.3) is 0 Å². The number of likely N-dealkylation sites (N-methyl/N-ethyl adjacent to an activating group) is 1. The molecule has 4 aliphatic rings. The van der Waals surface area contributed by atoms with Gasteiger partial charge in [0.05, 0.1) is 23.0 Å². The van der Waals surface area contributed by atoms with Gasteiger partial charge in [-0.3, -0.25) is 9.52 Å². The minimum absolute atomic E-state index is 0.00710. The van der Waals surface area contributed by atoms with E-state index < -0.39 is 27.1 Å². The third kappa shape index (κ3) is 1.80. The second-order valence-electron chi connectivity index (χ2n) is 8.16. The van der Waals surface area contributed by atoms with E-state index in [2.05, 4.69) is 9.62 Å². The minimum atomic E-state index is -3.49. The zero-order valence-electron chi connectivity index (χ0n) is 14.8. The van der Waals surface area contributed by atoms with Gasteiger partial charge in [0.15, 0.2) is 11.9 Å². The maximum atomic E-state index is 12.8. The predicted molar refractivity (Wildman–Crippen MR) is 94.9 cm³/mol. The van der Waals surface area contributed by atoms with Gasteiger partial charge in [-0.25, -0.2) is 8.42 Å². The fourth-order valence-corrected chi connectivity index (χ4v) is 6.39. The largest absolute Gasteiger partial charge is 0.479 e.